The van der Waals surface area contributed by atoms with Crippen LogP contribution in [-0.4, -0.2) is 275 Å². The van der Waals surface area contributed by atoms with Gasteiger partial charge in [0, 0.05) is 67.0 Å². The molecule has 28 heteroatoms. The number of rotatable bonds is 21. The molecule has 2 saturated carbocycles. The third-order valence-electron chi connectivity index (χ3n) is 21.5. The minimum Gasteiger partial charge on any atom is -0.391 e. The number of unbranched alkanes of at least 4 members (excludes halogenated alkanes) is 1. The average Bonchev–Trinajstić information content (AvgIpc) is 0.823. The molecule has 0 aromatic heterocycles. The van der Waals surface area contributed by atoms with E-state index in [0.717, 1.165) is 75.5 Å². The molecule has 0 spiro atoms. The number of aliphatic hydroxyl groups excluding tert-OH is 1. The molecule has 0 aromatic carbocycles. The molecule has 13 amide bonds. The molecule has 0 radical (unpaired) electrons. The second-order valence-corrected chi connectivity index (χ2v) is 32.4. The van der Waals surface area contributed by atoms with E-state index in [9.17, 15) is 24.3 Å². The maximum atomic E-state index is 15.5. The van der Waals surface area contributed by atoms with E-state index in [2.05, 4.69) is 26.6 Å². The van der Waals surface area contributed by atoms with Crippen LogP contribution in [0.25, 0.3) is 0 Å². The van der Waals surface area contributed by atoms with E-state index in [1.165, 1.54) is 78.5 Å². The van der Waals surface area contributed by atoms with E-state index in [4.69, 9.17) is 4.74 Å². The van der Waals surface area contributed by atoms with Crippen molar-refractivity contribution in [1.29, 1.82) is 0 Å². The van der Waals surface area contributed by atoms with Crippen molar-refractivity contribution in [2.75, 3.05) is 87.7 Å². The fourth-order valence-corrected chi connectivity index (χ4v) is 14.6. The molecule has 105 heavy (non-hydrogen) atoms. The Labute approximate surface area is 626 Å². The van der Waals surface area contributed by atoms with Crippen LogP contribution in [0.3, 0.4) is 0 Å². The second-order valence-electron chi connectivity index (χ2n) is 32.4. The van der Waals surface area contributed by atoms with Gasteiger partial charge in [-0.15, -0.1) is 0 Å². The number of amides is 13. The van der Waals surface area contributed by atoms with Crippen LogP contribution in [0.5, 0.6) is 0 Å². The van der Waals surface area contributed by atoms with Crippen LogP contribution in [0.1, 0.15) is 231 Å². The van der Waals surface area contributed by atoms with Gasteiger partial charge in [0.1, 0.15) is 61.0 Å². The predicted molar refractivity (Wildman–Crippen MR) is 401 cm³/mol. The lowest BCUT2D eigenvalue weighted by Gasteiger charge is -2.38. The van der Waals surface area contributed by atoms with E-state index in [1.54, 1.807) is 39.5 Å². The third-order valence-corrected chi connectivity index (χ3v) is 21.5. The van der Waals surface area contributed by atoms with Crippen LogP contribution in [0.4, 0.5) is 0 Å². The molecule has 598 valence electrons. The van der Waals surface area contributed by atoms with Crippen LogP contribution in [0.15, 0.2) is 0 Å². The number of nitrogens with one attached hydrogen (secondary N) is 5. The number of hydrogen-bond donors (Lipinski definition) is 6. The van der Waals surface area contributed by atoms with Crippen LogP contribution in [-0.2, 0) is 67.1 Å². The largest absolute Gasteiger partial charge is 0.391 e. The van der Waals surface area contributed by atoms with E-state index in [1.807, 2.05) is 41.5 Å². The Morgan fingerprint density at radius 3 is 1.52 bits per heavy atom. The van der Waals surface area contributed by atoms with Crippen LogP contribution in [0, 0.1) is 29.6 Å². The zero-order valence-electron chi connectivity index (χ0n) is 67.1. The van der Waals surface area contributed by atoms with Gasteiger partial charge in [-0.3, -0.25) is 62.3 Å². The number of ether oxygens (including phenoxy) is 1. The minimum absolute atomic E-state index is 0.0117. The standard InChI is InChI=1S/C77H135N13O15/c1-19-22-37-89-45-64(94)84(15)60(42-54-32-26-23-27-33-54)71(99)80-66(51(8)21-3)75(103)87(18)59(41-50(6)7)70(98)81-67(53(10)91)76(104)90(36-20-2)46-65(95)85(16)61(43-55-34-28-24-29-35-55)74(102)86(17)58(40-49(4)5)69(97)79-57(47-105-48-62(92)82-77(11,12)13)72(100)83(14)52(9)68(96)78-56(44-63(89)93)73(101)88-38-30-25-31-39-88/h49-61,66-67,91H,19-48H2,1-18H3,(H,78,96)(H,79,97)(H,80,99)(H,81,98)(H,82,92)/t51-,52-,53+,56-,57-,58-,59-,60-,61-,66-,67-/m0/s1. The number of aliphatic hydroxyl groups is 1. The number of likely N-dealkylation sites (tertiary alicyclic amines) is 1. The second kappa shape index (κ2) is 43.7. The fraction of sp³-hybridized carbons (Fsp3) is 0.831. The summed E-state index contributed by atoms with van der Waals surface area (Å²) in [4.78, 5) is 205. The van der Waals surface area contributed by atoms with Crippen molar-refractivity contribution in [3.63, 3.8) is 0 Å². The maximum Gasteiger partial charge on any atom is 0.248 e. The van der Waals surface area contributed by atoms with Gasteiger partial charge >= 0.3 is 0 Å². The molecule has 4 aliphatic rings. The molecule has 6 N–H and O–H groups in total. The first-order valence-electron chi connectivity index (χ1n) is 39.3. The lowest BCUT2D eigenvalue weighted by atomic mass is 9.84. The van der Waals surface area contributed by atoms with Crippen molar-refractivity contribution in [2.45, 2.75) is 297 Å². The highest BCUT2D eigenvalue weighted by Crippen LogP contribution is 2.32. The van der Waals surface area contributed by atoms with Crippen molar-refractivity contribution in [3.05, 3.63) is 0 Å². The number of carbonyl (C=O) groups is 13. The fourth-order valence-electron chi connectivity index (χ4n) is 14.6. The minimum atomic E-state index is -1.64. The van der Waals surface area contributed by atoms with E-state index in [-0.39, 0.29) is 62.4 Å². The first kappa shape index (κ1) is 90.4. The topological polar surface area (TPSA) is 337 Å². The monoisotopic (exact) mass is 1480 g/mol. The summed E-state index contributed by atoms with van der Waals surface area (Å²) < 4.78 is 5.88. The zero-order valence-corrected chi connectivity index (χ0v) is 67.1. The smallest absolute Gasteiger partial charge is 0.248 e. The molecule has 2 heterocycles. The normalized spacial score (nSPS) is 26.2. The van der Waals surface area contributed by atoms with Gasteiger partial charge < -0.3 is 75.6 Å². The number of hydrogen-bond acceptors (Lipinski definition) is 15. The van der Waals surface area contributed by atoms with Gasteiger partial charge in [-0.05, 0) is 122 Å². The lowest BCUT2D eigenvalue weighted by Crippen LogP contribution is -2.62. The summed E-state index contributed by atoms with van der Waals surface area (Å²) in [6.45, 7) is 21.3. The first-order valence-corrected chi connectivity index (χ1v) is 39.3. The first-order chi connectivity index (χ1) is 49.4. The van der Waals surface area contributed by atoms with Gasteiger partial charge in [-0.25, -0.2) is 0 Å². The summed E-state index contributed by atoms with van der Waals surface area (Å²) in [5.74, 6) is -9.91. The number of piperidine rings is 1. The molecular weight excluding hydrogens is 1350 g/mol. The predicted octanol–water partition coefficient (Wildman–Crippen LogP) is 4.76. The van der Waals surface area contributed by atoms with E-state index < -0.39 is 181 Å². The van der Waals surface area contributed by atoms with Crippen LogP contribution >= 0.6 is 0 Å². The zero-order chi connectivity index (χ0) is 78.7. The average molecular weight is 1480 g/mol. The van der Waals surface area contributed by atoms with E-state index >= 15 is 43.2 Å². The van der Waals surface area contributed by atoms with Crippen molar-refractivity contribution in [3.8, 4) is 0 Å². The van der Waals surface area contributed by atoms with Gasteiger partial charge in [0.2, 0.25) is 76.8 Å². The molecule has 4 fully saturated rings. The maximum absolute atomic E-state index is 15.5. The van der Waals surface area contributed by atoms with Gasteiger partial charge in [0.05, 0.1) is 32.2 Å². The lowest BCUT2D eigenvalue weighted by molar-refractivity contribution is -0.152. The number of likely N-dealkylation sites (N-methyl/N-ethyl adjacent to an activating group) is 5. The Hall–Kier alpha value is -6.97. The highest BCUT2D eigenvalue weighted by Gasteiger charge is 2.44. The van der Waals surface area contributed by atoms with Crippen LogP contribution in [0.2, 0.25) is 0 Å². The third kappa shape index (κ3) is 28.0. The SMILES string of the molecule is CCCCN1CC(=O)N(C)[C@@H](CC2CCCCC2)C(=O)N[C@@H]([C@@H](C)CC)C(=O)N(C)[C@@H](CC(C)C)C(=O)N[C@@H]([C@@H](C)O)C(=O)N(CCC)CC(=O)N(C)[C@@H](CC2CCCCC2)C(=O)N(C)[C@@H](CC(C)C)C(=O)N[C@@H](COCC(=O)NC(C)(C)C)C(=O)N(C)[C@@H](C)C(=O)N[C@H](C(=O)N2CCCCC2)CC1=O. The summed E-state index contributed by atoms with van der Waals surface area (Å²) >= 11 is 0. The van der Waals surface area contributed by atoms with Crippen molar-refractivity contribution in [2.24, 2.45) is 29.6 Å². The van der Waals surface area contributed by atoms with Crippen molar-refractivity contribution in [1.82, 2.24) is 65.8 Å². The molecular formula is C77H135N13O15. The summed E-state index contributed by atoms with van der Waals surface area (Å²) in [6.07, 6.45) is 11.1. The molecule has 4 rings (SSSR count). The number of nitrogens with zero attached hydrogens (tertiary/aromatic N) is 8. The van der Waals surface area contributed by atoms with Crippen molar-refractivity contribution >= 4 is 76.8 Å². The Kier molecular flexibility index (Phi) is 37.7. The quantitative estimate of drug-likeness (QED) is 0.0903. The molecule has 2 aliphatic carbocycles. The molecule has 0 unspecified atom stereocenters. The Balaban J connectivity index is 1.98. The molecule has 2 aliphatic heterocycles. The van der Waals surface area contributed by atoms with E-state index in [0.29, 0.717) is 51.6 Å². The van der Waals surface area contributed by atoms with Gasteiger partial charge in [-0.1, -0.05) is 132 Å². The number of carbonyl (C=O) groups excluding carboxylic acids is 13. The molecule has 0 bridgehead atoms. The molecule has 0 aromatic rings. The summed E-state index contributed by atoms with van der Waals surface area (Å²) in [6, 6.07) is -12.2. The summed E-state index contributed by atoms with van der Waals surface area (Å²) in [5, 5.41) is 25.6. The molecule has 28 nitrogen and oxygen atoms in total. The molecule has 11 atom stereocenters. The highest BCUT2D eigenvalue weighted by atomic mass is 16.5. The molecule has 2 saturated heterocycles. The van der Waals surface area contributed by atoms with Gasteiger partial charge in [0.25, 0.3) is 0 Å². The Morgan fingerprint density at radius 2 is 1.02 bits per heavy atom. The van der Waals surface area contributed by atoms with Crippen LogP contribution < -0.4 is 26.6 Å². The highest BCUT2D eigenvalue weighted by molar-refractivity contribution is 6.00. The summed E-state index contributed by atoms with van der Waals surface area (Å²) in [5.41, 5.74) is -0.660. The van der Waals surface area contributed by atoms with Crippen molar-refractivity contribution < 1.29 is 72.2 Å². The van der Waals surface area contributed by atoms with Gasteiger partial charge in [0.15, 0.2) is 0 Å². The Morgan fingerprint density at radius 1 is 0.533 bits per heavy atom. The Bertz CT molecular complexity index is 2890. The van der Waals surface area contributed by atoms with Gasteiger partial charge in [-0.2, -0.15) is 0 Å². The summed E-state index contributed by atoms with van der Waals surface area (Å²) in [7, 11) is 7.16.